The van der Waals surface area contributed by atoms with E-state index in [2.05, 4.69) is 17.2 Å². The molecule has 0 amide bonds. The van der Waals surface area contributed by atoms with Crippen LogP contribution in [0.2, 0.25) is 0 Å². The van der Waals surface area contributed by atoms with Gasteiger partial charge in [0.2, 0.25) is 0 Å². The van der Waals surface area contributed by atoms with Crippen LogP contribution in [0.1, 0.15) is 25.5 Å². The Labute approximate surface area is 89.1 Å². The first-order valence-electron chi connectivity index (χ1n) is 4.76. The molecule has 0 fully saturated rings. The first-order chi connectivity index (χ1) is 7.15. The molecular weight excluding hydrogens is 193 g/mol. The smallest absolute Gasteiger partial charge is 0.131 e. The molecule has 0 aromatic heterocycles. The molecule has 0 bridgehead atoms. The lowest BCUT2D eigenvalue weighted by molar-refractivity contribution is 0.465. The van der Waals surface area contributed by atoms with Gasteiger partial charge in [-0.1, -0.05) is 12.0 Å². The summed E-state index contributed by atoms with van der Waals surface area (Å²) in [7, 11) is 0. The average molecular weight is 207 g/mol. The van der Waals surface area contributed by atoms with Crippen LogP contribution in [0.4, 0.5) is 4.39 Å². The summed E-state index contributed by atoms with van der Waals surface area (Å²) in [6.45, 7) is 4.14. The molecule has 2 N–H and O–H groups in total. The number of nitrogens with one attached hydrogen (secondary N) is 1. The van der Waals surface area contributed by atoms with Gasteiger partial charge in [0.1, 0.15) is 11.6 Å². The standard InChI is InChI=1S/C12H14FNO/c1-3-4-7-14-9(2)11-6-5-10(15)8-12(11)13/h5-6,8-9,14-15H,7H2,1-2H3. The molecule has 80 valence electrons. The first kappa shape index (κ1) is 11.5. The Bertz CT molecular complexity index is 392. The number of phenols is 1. The van der Waals surface area contributed by atoms with Gasteiger partial charge in [-0.3, -0.25) is 5.32 Å². The maximum absolute atomic E-state index is 13.4. The van der Waals surface area contributed by atoms with Crippen molar-refractivity contribution in [1.82, 2.24) is 5.32 Å². The summed E-state index contributed by atoms with van der Waals surface area (Å²) in [6, 6.07) is 4.04. The predicted octanol–water partition coefficient (Wildman–Crippen LogP) is 2.21. The summed E-state index contributed by atoms with van der Waals surface area (Å²) in [4.78, 5) is 0. The number of aromatic hydroxyl groups is 1. The van der Waals surface area contributed by atoms with Crippen LogP contribution in [-0.2, 0) is 0 Å². The fourth-order valence-electron chi connectivity index (χ4n) is 1.27. The van der Waals surface area contributed by atoms with Gasteiger partial charge in [-0.05, 0) is 19.9 Å². The van der Waals surface area contributed by atoms with E-state index in [1.807, 2.05) is 6.92 Å². The third kappa shape index (κ3) is 3.26. The number of halogens is 1. The SMILES string of the molecule is CC#CCNC(C)c1ccc(O)cc1F. The minimum absolute atomic E-state index is 0.0585. The molecule has 15 heavy (non-hydrogen) atoms. The third-order valence-electron chi connectivity index (χ3n) is 2.12. The zero-order valence-corrected chi connectivity index (χ0v) is 8.84. The van der Waals surface area contributed by atoms with E-state index in [-0.39, 0.29) is 11.8 Å². The van der Waals surface area contributed by atoms with E-state index in [1.54, 1.807) is 13.0 Å². The van der Waals surface area contributed by atoms with Crippen LogP contribution in [0.5, 0.6) is 5.75 Å². The van der Waals surface area contributed by atoms with Crippen molar-refractivity contribution in [2.45, 2.75) is 19.9 Å². The van der Waals surface area contributed by atoms with Gasteiger partial charge in [0.25, 0.3) is 0 Å². The summed E-state index contributed by atoms with van der Waals surface area (Å²) in [5.41, 5.74) is 0.533. The zero-order valence-electron chi connectivity index (χ0n) is 8.84. The van der Waals surface area contributed by atoms with Gasteiger partial charge in [0.05, 0.1) is 6.54 Å². The van der Waals surface area contributed by atoms with E-state index in [0.717, 1.165) is 6.07 Å². The van der Waals surface area contributed by atoms with Gasteiger partial charge >= 0.3 is 0 Å². The third-order valence-corrected chi connectivity index (χ3v) is 2.12. The van der Waals surface area contributed by atoms with Crippen molar-refractivity contribution in [1.29, 1.82) is 0 Å². The molecular formula is C12H14FNO. The maximum Gasteiger partial charge on any atom is 0.131 e. The second-order valence-electron chi connectivity index (χ2n) is 3.24. The molecule has 2 nitrogen and oxygen atoms in total. The Hall–Kier alpha value is -1.53. The lowest BCUT2D eigenvalue weighted by atomic mass is 10.1. The van der Waals surface area contributed by atoms with E-state index in [0.29, 0.717) is 12.1 Å². The molecule has 1 unspecified atom stereocenters. The molecule has 0 aliphatic carbocycles. The van der Waals surface area contributed by atoms with Crippen molar-refractivity contribution in [2.24, 2.45) is 0 Å². The van der Waals surface area contributed by atoms with Crippen LogP contribution >= 0.6 is 0 Å². The van der Waals surface area contributed by atoms with Crippen molar-refractivity contribution in [2.75, 3.05) is 6.54 Å². The topological polar surface area (TPSA) is 32.3 Å². The van der Waals surface area contributed by atoms with Crippen molar-refractivity contribution < 1.29 is 9.50 Å². The molecule has 0 spiro atoms. The van der Waals surface area contributed by atoms with E-state index in [9.17, 15) is 4.39 Å². The second kappa shape index (κ2) is 5.38. The molecule has 0 saturated heterocycles. The van der Waals surface area contributed by atoms with Crippen molar-refractivity contribution in [3.05, 3.63) is 29.6 Å². The van der Waals surface area contributed by atoms with Crippen LogP contribution in [0.25, 0.3) is 0 Å². The normalized spacial score (nSPS) is 11.7. The van der Waals surface area contributed by atoms with Gasteiger partial charge in [-0.15, -0.1) is 5.92 Å². The van der Waals surface area contributed by atoms with E-state index < -0.39 is 5.82 Å². The number of benzene rings is 1. The van der Waals surface area contributed by atoms with Crippen molar-refractivity contribution in [3.8, 4) is 17.6 Å². The minimum atomic E-state index is -0.403. The van der Waals surface area contributed by atoms with Gasteiger partial charge in [0, 0.05) is 17.7 Å². The summed E-state index contributed by atoms with van der Waals surface area (Å²) in [5.74, 6) is 5.14. The van der Waals surface area contributed by atoms with Crippen LogP contribution in [0, 0.1) is 17.7 Å². The number of hydrogen-bond acceptors (Lipinski definition) is 2. The van der Waals surface area contributed by atoms with Crippen LogP contribution in [-0.4, -0.2) is 11.7 Å². The second-order valence-corrected chi connectivity index (χ2v) is 3.24. The molecule has 1 aromatic rings. The van der Waals surface area contributed by atoms with Crippen LogP contribution in [0.15, 0.2) is 18.2 Å². The van der Waals surface area contributed by atoms with Crippen LogP contribution in [0.3, 0.4) is 0 Å². The summed E-state index contributed by atoms with van der Waals surface area (Å²) in [6.07, 6.45) is 0. The van der Waals surface area contributed by atoms with Gasteiger partial charge in [-0.2, -0.15) is 0 Å². The highest BCUT2D eigenvalue weighted by molar-refractivity contribution is 5.29. The highest BCUT2D eigenvalue weighted by atomic mass is 19.1. The fourth-order valence-corrected chi connectivity index (χ4v) is 1.27. The number of phenolic OH excluding ortho intramolecular Hbond substituents is 1. The highest BCUT2D eigenvalue weighted by Crippen LogP contribution is 2.20. The Morgan fingerprint density at radius 3 is 2.87 bits per heavy atom. The Kier molecular flexibility index (Phi) is 4.14. The van der Waals surface area contributed by atoms with E-state index in [4.69, 9.17) is 5.11 Å². The zero-order chi connectivity index (χ0) is 11.3. The largest absolute Gasteiger partial charge is 0.508 e. The molecule has 3 heteroatoms. The average Bonchev–Trinajstić information content (AvgIpc) is 2.17. The fraction of sp³-hybridized carbons (Fsp3) is 0.333. The maximum atomic E-state index is 13.4. The highest BCUT2D eigenvalue weighted by Gasteiger charge is 2.09. The minimum Gasteiger partial charge on any atom is -0.508 e. The summed E-state index contributed by atoms with van der Waals surface area (Å²) in [5, 5.41) is 12.1. The van der Waals surface area contributed by atoms with Gasteiger partial charge < -0.3 is 5.11 Å². The first-order valence-corrected chi connectivity index (χ1v) is 4.76. The van der Waals surface area contributed by atoms with E-state index >= 15 is 0 Å². The Balaban J connectivity index is 2.71. The molecule has 0 heterocycles. The summed E-state index contributed by atoms with van der Waals surface area (Å²) < 4.78 is 13.4. The molecule has 1 aromatic carbocycles. The lowest BCUT2D eigenvalue weighted by Gasteiger charge is -2.13. The number of rotatable bonds is 3. The molecule has 0 saturated carbocycles. The molecule has 0 aliphatic rings. The monoisotopic (exact) mass is 207 g/mol. The van der Waals surface area contributed by atoms with Crippen molar-refractivity contribution in [3.63, 3.8) is 0 Å². The van der Waals surface area contributed by atoms with E-state index in [1.165, 1.54) is 6.07 Å². The Morgan fingerprint density at radius 2 is 2.27 bits per heavy atom. The number of hydrogen-bond donors (Lipinski definition) is 2. The quantitative estimate of drug-likeness (QED) is 0.745. The van der Waals surface area contributed by atoms with Gasteiger partial charge in [0.15, 0.2) is 0 Å². The Morgan fingerprint density at radius 1 is 1.53 bits per heavy atom. The predicted molar refractivity (Wildman–Crippen MR) is 57.9 cm³/mol. The lowest BCUT2D eigenvalue weighted by Crippen LogP contribution is -2.19. The van der Waals surface area contributed by atoms with Gasteiger partial charge in [-0.25, -0.2) is 4.39 Å². The van der Waals surface area contributed by atoms with Crippen LogP contribution < -0.4 is 5.32 Å². The molecule has 1 rings (SSSR count). The summed E-state index contributed by atoms with van der Waals surface area (Å²) >= 11 is 0. The molecule has 0 aliphatic heterocycles. The molecule has 0 radical (unpaired) electrons. The molecule has 1 atom stereocenters. The van der Waals surface area contributed by atoms with Crippen molar-refractivity contribution >= 4 is 0 Å².